The molecule has 0 spiro atoms. The fourth-order valence-corrected chi connectivity index (χ4v) is 5.95. The summed E-state index contributed by atoms with van der Waals surface area (Å²) in [7, 11) is 1.66. The van der Waals surface area contributed by atoms with E-state index in [1.165, 1.54) is 12.1 Å². The lowest BCUT2D eigenvalue weighted by Crippen LogP contribution is -2.49. The molecule has 9 nitrogen and oxygen atoms in total. The first-order valence-electron chi connectivity index (χ1n) is 14.5. The molecule has 1 aliphatic carbocycles. The molecule has 2 aliphatic rings. The molecule has 2 fully saturated rings. The first-order chi connectivity index (χ1) is 21.2. The number of rotatable bonds is 8. The average molecular weight is 643 g/mol. The molecular weight excluding hydrogens is 610 g/mol. The zero-order valence-electron chi connectivity index (χ0n) is 24.4. The van der Waals surface area contributed by atoms with Crippen LogP contribution in [0.4, 0.5) is 37.7 Å². The first-order valence-corrected chi connectivity index (χ1v) is 14.5. The van der Waals surface area contributed by atoms with Gasteiger partial charge in [0.05, 0.1) is 23.1 Å². The molecule has 1 amide bonds. The molecule has 1 saturated carbocycles. The third-order valence-electron chi connectivity index (χ3n) is 8.52. The molecule has 3 aromatic rings. The van der Waals surface area contributed by atoms with Crippen LogP contribution in [0.3, 0.4) is 0 Å². The maximum absolute atomic E-state index is 13.4. The predicted octanol–water partition coefficient (Wildman–Crippen LogP) is 6.49. The number of hydrogen-bond donors (Lipinski definition) is 0. The Hall–Kier alpha value is -3.85. The Morgan fingerprint density at radius 1 is 0.978 bits per heavy atom. The predicted molar refractivity (Wildman–Crippen MR) is 152 cm³/mol. The van der Waals surface area contributed by atoms with Crippen molar-refractivity contribution < 1.29 is 45.2 Å². The van der Waals surface area contributed by atoms with Crippen LogP contribution >= 0.6 is 0 Å². The SMILES string of the molecule is CN(c1ccc([N+](=O)[O-])c(C(F)(F)F)c1)[C@H]1CC[C@H](OCC(=O)N2CCN(Cc3cc4cc(C(F)(F)F)ccc4o3)CC2)CC1. The van der Waals surface area contributed by atoms with Gasteiger partial charge in [-0.25, -0.2) is 0 Å². The molecule has 0 unspecified atom stereocenters. The molecule has 0 bridgehead atoms. The van der Waals surface area contributed by atoms with Crippen LogP contribution in [0.15, 0.2) is 46.9 Å². The molecule has 0 radical (unpaired) electrons. The molecule has 0 N–H and O–H groups in total. The summed E-state index contributed by atoms with van der Waals surface area (Å²) in [6, 6.07) is 7.89. The summed E-state index contributed by atoms with van der Waals surface area (Å²) < 4.78 is 90.8. The van der Waals surface area contributed by atoms with E-state index in [1.807, 2.05) is 0 Å². The summed E-state index contributed by atoms with van der Waals surface area (Å²) in [6.45, 7) is 2.37. The maximum Gasteiger partial charge on any atom is 0.423 e. The summed E-state index contributed by atoms with van der Waals surface area (Å²) in [4.78, 5) is 28.3. The van der Waals surface area contributed by atoms with Crippen LogP contribution in [0.5, 0.6) is 0 Å². The second-order valence-electron chi connectivity index (χ2n) is 11.4. The minimum atomic E-state index is -4.86. The number of furan rings is 1. The molecule has 2 aromatic carbocycles. The van der Waals surface area contributed by atoms with Gasteiger partial charge >= 0.3 is 12.4 Å². The van der Waals surface area contributed by atoms with Crippen molar-refractivity contribution in [1.29, 1.82) is 0 Å². The average Bonchev–Trinajstić information content (AvgIpc) is 3.40. The van der Waals surface area contributed by atoms with E-state index < -0.39 is 34.1 Å². The molecular formula is C30H32F6N4O5. The first kappa shape index (κ1) is 32.5. The lowest BCUT2D eigenvalue weighted by atomic mass is 9.91. The molecule has 1 saturated heterocycles. The van der Waals surface area contributed by atoms with Crippen LogP contribution in [0.1, 0.15) is 42.6 Å². The van der Waals surface area contributed by atoms with Crippen molar-refractivity contribution in [2.45, 2.75) is 56.7 Å². The summed E-state index contributed by atoms with van der Waals surface area (Å²) in [6.07, 6.45) is -7.01. The van der Waals surface area contributed by atoms with E-state index in [0.29, 0.717) is 75.1 Å². The quantitative estimate of drug-likeness (QED) is 0.158. The monoisotopic (exact) mass is 642 g/mol. The molecule has 15 heteroatoms. The fraction of sp³-hybridized carbons (Fsp3) is 0.500. The summed E-state index contributed by atoms with van der Waals surface area (Å²) in [5, 5.41) is 11.4. The largest absolute Gasteiger partial charge is 0.460 e. The highest BCUT2D eigenvalue weighted by Crippen LogP contribution is 2.39. The number of carbonyl (C=O) groups excluding carboxylic acids is 1. The molecule has 1 aromatic heterocycles. The van der Waals surface area contributed by atoms with Gasteiger partial charge in [-0.3, -0.25) is 19.8 Å². The smallest absolute Gasteiger partial charge is 0.423 e. The number of ether oxygens (including phenoxy) is 1. The lowest BCUT2D eigenvalue weighted by Gasteiger charge is -2.37. The molecule has 244 valence electrons. The second-order valence-corrected chi connectivity index (χ2v) is 11.4. The Bertz CT molecular complexity index is 1530. The highest BCUT2D eigenvalue weighted by molar-refractivity contribution is 5.79. The number of hydrogen-bond acceptors (Lipinski definition) is 7. The van der Waals surface area contributed by atoms with E-state index in [2.05, 4.69) is 4.90 Å². The van der Waals surface area contributed by atoms with E-state index in [0.717, 1.165) is 24.3 Å². The number of anilines is 1. The van der Waals surface area contributed by atoms with Crippen LogP contribution in [0.2, 0.25) is 0 Å². The number of alkyl halides is 6. The molecule has 5 rings (SSSR count). The normalized spacial score (nSPS) is 20.0. The maximum atomic E-state index is 13.4. The van der Waals surface area contributed by atoms with Gasteiger partial charge in [0, 0.05) is 56.4 Å². The van der Waals surface area contributed by atoms with Crippen LogP contribution in [0, 0.1) is 10.1 Å². The van der Waals surface area contributed by atoms with Crippen molar-refractivity contribution in [3.8, 4) is 0 Å². The van der Waals surface area contributed by atoms with Gasteiger partial charge in [0.15, 0.2) is 0 Å². The van der Waals surface area contributed by atoms with E-state index >= 15 is 0 Å². The minimum Gasteiger partial charge on any atom is -0.460 e. The number of nitrogens with zero attached hydrogens (tertiary/aromatic N) is 4. The minimum absolute atomic E-state index is 0.0883. The van der Waals surface area contributed by atoms with Gasteiger partial charge in [-0.1, -0.05) is 0 Å². The highest BCUT2D eigenvalue weighted by Gasteiger charge is 2.39. The van der Waals surface area contributed by atoms with Crippen molar-refractivity contribution in [2.24, 2.45) is 0 Å². The van der Waals surface area contributed by atoms with Crippen LogP contribution < -0.4 is 4.90 Å². The molecule has 1 aliphatic heterocycles. The van der Waals surface area contributed by atoms with Crippen molar-refractivity contribution >= 4 is 28.3 Å². The van der Waals surface area contributed by atoms with E-state index in [-0.39, 0.29) is 30.3 Å². The van der Waals surface area contributed by atoms with Gasteiger partial charge in [-0.2, -0.15) is 26.3 Å². The zero-order chi connectivity index (χ0) is 32.5. The van der Waals surface area contributed by atoms with Crippen molar-refractivity contribution in [2.75, 3.05) is 44.7 Å². The lowest BCUT2D eigenvalue weighted by molar-refractivity contribution is -0.388. The van der Waals surface area contributed by atoms with Gasteiger partial charge in [-0.15, -0.1) is 0 Å². The Balaban J connectivity index is 1.05. The molecule has 2 heterocycles. The topological polar surface area (TPSA) is 92.3 Å². The number of carbonyl (C=O) groups is 1. The van der Waals surface area contributed by atoms with Crippen molar-refractivity contribution in [1.82, 2.24) is 9.80 Å². The number of nitro groups is 1. The van der Waals surface area contributed by atoms with Gasteiger partial charge in [0.2, 0.25) is 5.91 Å². The Morgan fingerprint density at radius 3 is 2.29 bits per heavy atom. The van der Waals surface area contributed by atoms with Crippen LogP contribution in [-0.2, 0) is 28.4 Å². The zero-order valence-corrected chi connectivity index (χ0v) is 24.4. The molecule has 0 atom stereocenters. The summed E-state index contributed by atoms with van der Waals surface area (Å²) in [5.74, 6) is 0.394. The van der Waals surface area contributed by atoms with Crippen LogP contribution in [-0.4, -0.2) is 72.6 Å². The van der Waals surface area contributed by atoms with Crippen molar-refractivity contribution in [3.63, 3.8) is 0 Å². The Morgan fingerprint density at radius 2 is 1.67 bits per heavy atom. The number of piperazine rings is 1. The number of halogens is 6. The second kappa shape index (κ2) is 12.9. The number of amides is 1. The summed E-state index contributed by atoms with van der Waals surface area (Å²) in [5.41, 5.74) is -2.39. The van der Waals surface area contributed by atoms with Gasteiger partial charge < -0.3 is 19.0 Å². The number of benzene rings is 2. The van der Waals surface area contributed by atoms with E-state index in [9.17, 15) is 41.3 Å². The standard InChI is InChI=1S/C30H32F6N4O5/c1-37(22-5-8-26(40(42)43)25(16-22)30(34,35)36)21-3-6-23(7-4-21)44-18-28(41)39-12-10-38(11-13-39)17-24-15-19-14-20(29(31,32)33)2-9-27(19)45-24/h2,5,8-9,14-16,21,23H,3-4,6-7,10-13,17-18H2,1H3/t21-,23-. The third-order valence-corrected chi connectivity index (χ3v) is 8.52. The highest BCUT2D eigenvalue weighted by atomic mass is 19.4. The Kier molecular flexibility index (Phi) is 9.31. The van der Waals surface area contributed by atoms with Crippen LogP contribution in [0.25, 0.3) is 11.0 Å². The fourth-order valence-electron chi connectivity index (χ4n) is 5.95. The van der Waals surface area contributed by atoms with Gasteiger partial charge in [0.1, 0.15) is 23.5 Å². The van der Waals surface area contributed by atoms with Gasteiger partial charge in [-0.05, 0) is 62.1 Å². The van der Waals surface area contributed by atoms with Crippen molar-refractivity contribution in [3.05, 3.63) is 69.5 Å². The van der Waals surface area contributed by atoms with E-state index in [4.69, 9.17) is 9.15 Å². The molecule has 45 heavy (non-hydrogen) atoms. The Labute approximate surface area is 254 Å². The van der Waals surface area contributed by atoms with E-state index in [1.54, 1.807) is 22.9 Å². The third kappa shape index (κ3) is 7.69. The number of fused-ring (bicyclic) bond motifs is 1. The van der Waals surface area contributed by atoms with Gasteiger partial charge in [0.25, 0.3) is 5.69 Å². The number of nitro benzene ring substituents is 1. The summed E-state index contributed by atoms with van der Waals surface area (Å²) >= 11 is 0.